The molecule has 0 fully saturated rings. The number of fused-ring (bicyclic) bond motifs is 3. The van der Waals surface area contributed by atoms with Crippen molar-refractivity contribution in [2.45, 2.75) is 20.0 Å². The molecule has 4 aromatic rings. The maximum absolute atomic E-state index is 13.6. The number of halogens is 3. The van der Waals surface area contributed by atoms with Gasteiger partial charge in [-0.1, -0.05) is 13.8 Å². The van der Waals surface area contributed by atoms with Crippen molar-refractivity contribution in [2.24, 2.45) is 5.92 Å². The summed E-state index contributed by atoms with van der Waals surface area (Å²) in [6, 6.07) is 3.52. The predicted octanol–water partition coefficient (Wildman–Crippen LogP) is 3.79. The Morgan fingerprint density at radius 1 is 1.22 bits per heavy atom. The first-order valence-corrected chi connectivity index (χ1v) is 7.96. The normalized spacial score (nSPS) is 12.4. The SMILES string of the molecule is CC(C)C(=O)c1cc(C(F)(F)F)c2ccc3nc(-c4nnco4)cn3c2n1. The molecule has 0 saturated heterocycles. The van der Waals surface area contributed by atoms with E-state index in [4.69, 9.17) is 4.42 Å². The van der Waals surface area contributed by atoms with Crippen molar-refractivity contribution in [3.63, 3.8) is 0 Å². The zero-order valence-electron chi connectivity index (χ0n) is 14.2. The lowest BCUT2D eigenvalue weighted by Gasteiger charge is -2.13. The van der Waals surface area contributed by atoms with Crippen molar-refractivity contribution in [1.82, 2.24) is 24.6 Å². The highest BCUT2D eigenvalue weighted by molar-refractivity contribution is 5.98. The lowest BCUT2D eigenvalue weighted by Crippen LogP contribution is -2.15. The summed E-state index contributed by atoms with van der Waals surface area (Å²) in [7, 11) is 0. The van der Waals surface area contributed by atoms with Crippen LogP contribution in [0.1, 0.15) is 29.9 Å². The highest BCUT2D eigenvalue weighted by atomic mass is 19.4. The zero-order valence-corrected chi connectivity index (χ0v) is 14.2. The number of ketones is 1. The fourth-order valence-electron chi connectivity index (χ4n) is 2.77. The summed E-state index contributed by atoms with van der Waals surface area (Å²) in [5.41, 5.74) is -0.567. The van der Waals surface area contributed by atoms with Gasteiger partial charge in [-0.25, -0.2) is 9.97 Å². The number of hydrogen-bond donors (Lipinski definition) is 0. The van der Waals surface area contributed by atoms with Gasteiger partial charge < -0.3 is 4.42 Å². The number of carbonyl (C=O) groups is 1. The third-order valence-electron chi connectivity index (χ3n) is 4.06. The van der Waals surface area contributed by atoms with Crippen LogP contribution in [0.5, 0.6) is 0 Å². The van der Waals surface area contributed by atoms with E-state index in [0.717, 1.165) is 12.5 Å². The van der Waals surface area contributed by atoms with Crippen LogP contribution in [0.25, 0.3) is 28.3 Å². The molecular weight excluding hydrogens is 363 g/mol. The summed E-state index contributed by atoms with van der Waals surface area (Å²) in [6.45, 7) is 3.21. The van der Waals surface area contributed by atoms with E-state index in [-0.39, 0.29) is 28.3 Å². The van der Waals surface area contributed by atoms with Gasteiger partial charge >= 0.3 is 6.18 Å². The Kier molecular flexibility index (Phi) is 3.72. The monoisotopic (exact) mass is 375 g/mol. The van der Waals surface area contributed by atoms with Crippen LogP contribution in [-0.4, -0.2) is 30.3 Å². The van der Waals surface area contributed by atoms with Gasteiger partial charge in [0.1, 0.15) is 22.7 Å². The van der Waals surface area contributed by atoms with Gasteiger partial charge in [0.2, 0.25) is 6.39 Å². The number of rotatable bonds is 3. The highest BCUT2D eigenvalue weighted by Gasteiger charge is 2.35. The van der Waals surface area contributed by atoms with Crippen molar-refractivity contribution in [2.75, 3.05) is 0 Å². The second-order valence-electron chi connectivity index (χ2n) is 6.24. The standard InChI is InChI=1S/C17H12F3N5O2/c1-8(2)14(26)11-5-10(17(18,19)20)9-3-4-13-22-12(16-24-21-7-27-16)6-25(13)15(9)23-11/h3-8H,1-2H3. The number of Topliss-reactive ketones (excluding diaryl/α,β-unsaturated/α-hetero) is 1. The van der Waals surface area contributed by atoms with Crippen LogP contribution in [0.15, 0.2) is 35.2 Å². The molecule has 0 aliphatic heterocycles. The quantitative estimate of drug-likeness (QED) is 0.507. The van der Waals surface area contributed by atoms with Gasteiger partial charge in [-0.15, -0.1) is 10.2 Å². The van der Waals surface area contributed by atoms with E-state index < -0.39 is 23.4 Å². The van der Waals surface area contributed by atoms with Crippen molar-refractivity contribution >= 4 is 22.5 Å². The van der Waals surface area contributed by atoms with E-state index in [1.807, 2.05) is 0 Å². The maximum Gasteiger partial charge on any atom is 0.417 e. The molecule has 4 heterocycles. The van der Waals surface area contributed by atoms with E-state index in [1.54, 1.807) is 13.8 Å². The molecule has 0 aromatic carbocycles. The second kappa shape index (κ2) is 5.86. The summed E-state index contributed by atoms with van der Waals surface area (Å²) < 4.78 is 47.2. The van der Waals surface area contributed by atoms with Crippen LogP contribution in [0, 0.1) is 5.92 Å². The van der Waals surface area contributed by atoms with Crippen LogP contribution in [0.3, 0.4) is 0 Å². The largest absolute Gasteiger partial charge is 0.422 e. The Bertz CT molecular complexity index is 1160. The molecular formula is C17H12F3N5O2. The number of aromatic nitrogens is 5. The summed E-state index contributed by atoms with van der Waals surface area (Å²) in [5, 5.41) is 7.17. The number of hydrogen-bond acceptors (Lipinski definition) is 6. The molecule has 0 amide bonds. The molecule has 4 aromatic heterocycles. The molecule has 10 heteroatoms. The minimum atomic E-state index is -4.64. The molecule has 7 nitrogen and oxygen atoms in total. The zero-order chi connectivity index (χ0) is 19.3. The number of carbonyl (C=O) groups excluding carboxylic acids is 1. The molecule has 0 unspecified atom stereocenters. The van der Waals surface area contributed by atoms with E-state index in [9.17, 15) is 18.0 Å². The van der Waals surface area contributed by atoms with Gasteiger partial charge in [0.25, 0.3) is 5.89 Å². The van der Waals surface area contributed by atoms with Gasteiger partial charge in [0.15, 0.2) is 5.78 Å². The third kappa shape index (κ3) is 2.82. The number of imidazole rings is 1. The fourth-order valence-corrected chi connectivity index (χ4v) is 2.77. The van der Waals surface area contributed by atoms with Gasteiger partial charge in [0.05, 0.1) is 5.56 Å². The third-order valence-corrected chi connectivity index (χ3v) is 4.06. The summed E-state index contributed by atoms with van der Waals surface area (Å²) in [4.78, 5) is 20.8. The van der Waals surface area contributed by atoms with E-state index in [0.29, 0.717) is 5.65 Å². The van der Waals surface area contributed by atoms with E-state index in [2.05, 4.69) is 20.2 Å². The van der Waals surface area contributed by atoms with Gasteiger partial charge in [0, 0.05) is 17.5 Å². The molecule has 27 heavy (non-hydrogen) atoms. The minimum absolute atomic E-state index is 0.0235. The minimum Gasteiger partial charge on any atom is -0.422 e. The Morgan fingerprint density at radius 3 is 2.63 bits per heavy atom. The van der Waals surface area contributed by atoms with Gasteiger partial charge in [-0.3, -0.25) is 9.20 Å². The van der Waals surface area contributed by atoms with Crippen LogP contribution in [0.4, 0.5) is 13.2 Å². The average Bonchev–Trinajstić information content (AvgIpc) is 3.28. The Hall–Kier alpha value is -3.30. The van der Waals surface area contributed by atoms with Crippen LogP contribution < -0.4 is 0 Å². The molecule has 0 saturated carbocycles. The van der Waals surface area contributed by atoms with Gasteiger partial charge in [-0.2, -0.15) is 13.2 Å². The summed E-state index contributed by atoms with van der Waals surface area (Å²) >= 11 is 0. The lowest BCUT2D eigenvalue weighted by atomic mass is 10.0. The molecule has 0 radical (unpaired) electrons. The molecule has 0 bridgehead atoms. The topological polar surface area (TPSA) is 86.2 Å². The smallest absolute Gasteiger partial charge is 0.417 e. The first-order chi connectivity index (χ1) is 12.8. The number of pyridine rings is 2. The van der Waals surface area contributed by atoms with Crippen LogP contribution >= 0.6 is 0 Å². The molecule has 138 valence electrons. The number of nitrogens with zero attached hydrogens (tertiary/aromatic N) is 5. The van der Waals surface area contributed by atoms with Crippen molar-refractivity contribution in [3.8, 4) is 11.6 Å². The van der Waals surface area contributed by atoms with E-state index in [1.165, 1.54) is 22.7 Å². The molecule has 0 aliphatic carbocycles. The Balaban J connectivity index is 2.06. The molecule has 0 spiro atoms. The first-order valence-electron chi connectivity index (χ1n) is 7.96. The van der Waals surface area contributed by atoms with Crippen LogP contribution in [-0.2, 0) is 6.18 Å². The molecule has 0 atom stereocenters. The van der Waals surface area contributed by atoms with Crippen LogP contribution in [0.2, 0.25) is 0 Å². The number of alkyl halides is 3. The fraction of sp³-hybridized carbons (Fsp3) is 0.235. The lowest BCUT2D eigenvalue weighted by molar-refractivity contribution is -0.136. The van der Waals surface area contributed by atoms with E-state index >= 15 is 0 Å². The highest BCUT2D eigenvalue weighted by Crippen LogP contribution is 2.35. The maximum atomic E-state index is 13.6. The second-order valence-corrected chi connectivity index (χ2v) is 6.24. The van der Waals surface area contributed by atoms with Crippen molar-refractivity contribution in [1.29, 1.82) is 0 Å². The molecule has 0 N–H and O–H groups in total. The molecule has 0 aliphatic rings. The van der Waals surface area contributed by atoms with Gasteiger partial charge in [-0.05, 0) is 18.2 Å². The average molecular weight is 375 g/mol. The summed E-state index contributed by atoms with van der Waals surface area (Å²) in [5.74, 6) is -0.846. The Morgan fingerprint density at radius 2 is 2.00 bits per heavy atom. The molecule has 4 rings (SSSR count). The van der Waals surface area contributed by atoms with Crippen molar-refractivity contribution < 1.29 is 22.4 Å². The predicted molar refractivity (Wildman–Crippen MR) is 88.0 cm³/mol. The first kappa shape index (κ1) is 17.1. The van der Waals surface area contributed by atoms with Crippen molar-refractivity contribution in [3.05, 3.63) is 42.0 Å². The Labute approximate surface area is 149 Å². The summed E-state index contributed by atoms with van der Waals surface area (Å²) in [6.07, 6.45) is -2.07.